The molecule has 15 heavy (non-hydrogen) atoms. The first-order valence-electron chi connectivity index (χ1n) is 4.33. The fourth-order valence-electron chi connectivity index (χ4n) is 1.26. The second-order valence-electron chi connectivity index (χ2n) is 3.09. The predicted octanol–water partition coefficient (Wildman–Crippen LogP) is 3.64. The van der Waals surface area contributed by atoms with Crippen molar-refractivity contribution in [1.29, 1.82) is 5.26 Å². The third-order valence-electron chi connectivity index (χ3n) is 2.00. The molecular weight excluding hydrogens is 228 g/mol. The van der Waals surface area contributed by atoms with E-state index in [4.69, 9.17) is 16.9 Å². The molecule has 4 heteroatoms. The molecule has 0 aliphatic heterocycles. The van der Waals surface area contributed by atoms with Gasteiger partial charge in [0, 0.05) is 15.8 Å². The number of aryl methyl sites for hydroxylation is 1. The molecule has 2 aromatic heterocycles. The summed E-state index contributed by atoms with van der Waals surface area (Å²) in [5, 5.41) is 11.0. The quantitative estimate of drug-likeness (QED) is 0.707. The van der Waals surface area contributed by atoms with Crippen LogP contribution >= 0.6 is 22.9 Å². The lowest BCUT2D eigenvalue weighted by Crippen LogP contribution is -1.85. The maximum atomic E-state index is 8.71. The van der Waals surface area contributed by atoms with Crippen LogP contribution in [0.15, 0.2) is 23.6 Å². The molecule has 0 saturated carbocycles. The third kappa shape index (κ3) is 2.01. The molecule has 0 N–H and O–H groups in total. The Morgan fingerprint density at radius 3 is 2.80 bits per heavy atom. The van der Waals surface area contributed by atoms with Gasteiger partial charge >= 0.3 is 0 Å². The van der Waals surface area contributed by atoms with E-state index in [1.807, 2.05) is 24.4 Å². The molecule has 0 amide bonds. The molecule has 0 fully saturated rings. The Hall–Kier alpha value is -1.37. The van der Waals surface area contributed by atoms with Crippen molar-refractivity contribution in [2.24, 2.45) is 0 Å². The first-order chi connectivity index (χ1) is 7.20. The second kappa shape index (κ2) is 4.01. The molecule has 0 atom stereocenters. The zero-order valence-corrected chi connectivity index (χ0v) is 9.56. The minimum atomic E-state index is 0.263. The van der Waals surface area contributed by atoms with E-state index in [0.29, 0.717) is 5.56 Å². The van der Waals surface area contributed by atoms with Gasteiger partial charge in [-0.3, -0.25) is 0 Å². The van der Waals surface area contributed by atoms with E-state index >= 15 is 0 Å². The molecule has 0 aromatic carbocycles. The molecule has 0 saturated heterocycles. The predicted molar refractivity (Wildman–Crippen MR) is 62.0 cm³/mol. The number of pyridine rings is 1. The van der Waals surface area contributed by atoms with E-state index in [1.54, 1.807) is 17.4 Å². The summed E-state index contributed by atoms with van der Waals surface area (Å²) in [6.45, 7) is 2.04. The van der Waals surface area contributed by atoms with E-state index < -0.39 is 0 Å². The van der Waals surface area contributed by atoms with Crippen LogP contribution in [0.25, 0.3) is 11.3 Å². The Balaban J connectivity index is 2.48. The van der Waals surface area contributed by atoms with Gasteiger partial charge in [0.05, 0.1) is 11.3 Å². The molecule has 0 unspecified atom stereocenters. The molecule has 0 spiro atoms. The Labute approximate surface area is 96.8 Å². The van der Waals surface area contributed by atoms with E-state index in [0.717, 1.165) is 11.3 Å². The molecule has 2 aromatic rings. The molecular formula is C11H7ClN2S. The van der Waals surface area contributed by atoms with Gasteiger partial charge in [-0.05, 0) is 25.1 Å². The number of hydrogen-bond acceptors (Lipinski definition) is 3. The van der Waals surface area contributed by atoms with Crippen molar-refractivity contribution in [1.82, 2.24) is 4.98 Å². The average molecular weight is 235 g/mol. The van der Waals surface area contributed by atoms with Crippen molar-refractivity contribution in [2.45, 2.75) is 6.92 Å². The molecule has 0 aliphatic carbocycles. The number of aromatic nitrogens is 1. The minimum Gasteiger partial charge on any atom is -0.235 e. The normalized spacial score (nSPS) is 9.93. The lowest BCUT2D eigenvalue weighted by molar-refractivity contribution is 1.30. The van der Waals surface area contributed by atoms with Crippen molar-refractivity contribution in [3.8, 4) is 17.3 Å². The van der Waals surface area contributed by atoms with Crippen LogP contribution < -0.4 is 0 Å². The monoisotopic (exact) mass is 234 g/mol. The number of thiophene rings is 1. The average Bonchev–Trinajstić information content (AvgIpc) is 2.65. The summed E-state index contributed by atoms with van der Waals surface area (Å²) in [5.41, 5.74) is 2.26. The molecule has 74 valence electrons. The van der Waals surface area contributed by atoms with E-state index in [-0.39, 0.29) is 5.15 Å². The number of halogens is 1. The van der Waals surface area contributed by atoms with E-state index in [2.05, 4.69) is 11.1 Å². The van der Waals surface area contributed by atoms with Crippen LogP contribution in [0.2, 0.25) is 5.15 Å². The first-order valence-corrected chi connectivity index (χ1v) is 5.58. The number of hydrogen-bond donors (Lipinski definition) is 0. The van der Waals surface area contributed by atoms with Gasteiger partial charge < -0.3 is 0 Å². The standard InChI is InChI=1S/C11H7ClN2S/c1-7-4-9(6-15-7)10-3-2-8(5-13)11(12)14-10/h2-4,6H,1H3. The highest BCUT2D eigenvalue weighted by atomic mass is 35.5. The fraction of sp³-hybridized carbons (Fsp3) is 0.0909. The van der Waals surface area contributed by atoms with Gasteiger partial charge in [-0.2, -0.15) is 5.26 Å². The van der Waals surface area contributed by atoms with E-state index in [1.165, 1.54) is 4.88 Å². The summed E-state index contributed by atoms with van der Waals surface area (Å²) in [6.07, 6.45) is 0. The SMILES string of the molecule is Cc1cc(-c2ccc(C#N)c(Cl)n2)cs1. The molecule has 2 heterocycles. The van der Waals surface area contributed by atoms with Gasteiger partial charge in [-0.15, -0.1) is 11.3 Å². The van der Waals surface area contributed by atoms with E-state index in [9.17, 15) is 0 Å². The van der Waals surface area contributed by atoms with Crippen LogP contribution in [0, 0.1) is 18.3 Å². The summed E-state index contributed by atoms with van der Waals surface area (Å²) in [4.78, 5) is 5.41. The fourth-order valence-corrected chi connectivity index (χ4v) is 2.15. The Morgan fingerprint density at radius 1 is 1.47 bits per heavy atom. The highest BCUT2D eigenvalue weighted by Gasteiger charge is 2.05. The topological polar surface area (TPSA) is 36.7 Å². The lowest BCUT2D eigenvalue weighted by atomic mass is 10.2. The van der Waals surface area contributed by atoms with Gasteiger partial charge in [0.1, 0.15) is 11.2 Å². The summed E-state index contributed by atoms with van der Waals surface area (Å²) < 4.78 is 0. The maximum absolute atomic E-state index is 8.71. The molecule has 0 aliphatic rings. The van der Waals surface area contributed by atoms with Gasteiger partial charge in [-0.25, -0.2) is 4.98 Å². The summed E-state index contributed by atoms with van der Waals surface area (Å²) in [6, 6.07) is 7.54. The van der Waals surface area contributed by atoms with Crippen molar-refractivity contribution in [3.05, 3.63) is 39.2 Å². The van der Waals surface area contributed by atoms with Gasteiger partial charge in [0.25, 0.3) is 0 Å². The Kier molecular flexibility index (Phi) is 2.72. The first kappa shape index (κ1) is 10.2. The second-order valence-corrected chi connectivity index (χ2v) is 4.57. The number of nitrogens with zero attached hydrogens (tertiary/aromatic N) is 2. The van der Waals surface area contributed by atoms with Crippen LogP contribution in [0.5, 0.6) is 0 Å². The lowest BCUT2D eigenvalue weighted by Gasteiger charge is -1.98. The smallest absolute Gasteiger partial charge is 0.147 e. The Bertz CT molecular complexity index is 540. The number of nitriles is 1. The molecule has 2 nitrogen and oxygen atoms in total. The minimum absolute atomic E-state index is 0.263. The zero-order chi connectivity index (χ0) is 10.8. The highest BCUT2D eigenvalue weighted by Crippen LogP contribution is 2.25. The number of rotatable bonds is 1. The maximum Gasteiger partial charge on any atom is 0.147 e. The molecule has 0 radical (unpaired) electrons. The van der Waals surface area contributed by atoms with Crippen molar-refractivity contribution in [3.63, 3.8) is 0 Å². The van der Waals surface area contributed by atoms with Crippen LogP contribution in [0.1, 0.15) is 10.4 Å². The van der Waals surface area contributed by atoms with Crippen LogP contribution in [0.4, 0.5) is 0 Å². The summed E-state index contributed by atoms with van der Waals surface area (Å²) in [5.74, 6) is 0. The van der Waals surface area contributed by atoms with Gasteiger partial charge in [0.15, 0.2) is 0 Å². The molecule has 2 rings (SSSR count). The van der Waals surface area contributed by atoms with Crippen molar-refractivity contribution >= 4 is 22.9 Å². The van der Waals surface area contributed by atoms with Crippen molar-refractivity contribution < 1.29 is 0 Å². The van der Waals surface area contributed by atoms with Crippen LogP contribution in [-0.4, -0.2) is 4.98 Å². The summed E-state index contributed by atoms with van der Waals surface area (Å²) in [7, 11) is 0. The largest absolute Gasteiger partial charge is 0.235 e. The molecule has 0 bridgehead atoms. The Morgan fingerprint density at radius 2 is 2.27 bits per heavy atom. The summed E-state index contributed by atoms with van der Waals surface area (Å²) >= 11 is 7.52. The van der Waals surface area contributed by atoms with Crippen LogP contribution in [0.3, 0.4) is 0 Å². The zero-order valence-electron chi connectivity index (χ0n) is 7.99. The third-order valence-corrected chi connectivity index (χ3v) is 3.15. The van der Waals surface area contributed by atoms with Crippen molar-refractivity contribution in [2.75, 3.05) is 0 Å². The van der Waals surface area contributed by atoms with Gasteiger partial charge in [-0.1, -0.05) is 11.6 Å². The highest BCUT2D eigenvalue weighted by molar-refractivity contribution is 7.10. The van der Waals surface area contributed by atoms with Crippen LogP contribution in [-0.2, 0) is 0 Å². The van der Waals surface area contributed by atoms with Gasteiger partial charge in [0.2, 0.25) is 0 Å².